The Balaban J connectivity index is 0.00000264. The molecule has 1 N–H and O–H groups in total. The van der Waals surface area contributed by atoms with E-state index in [2.05, 4.69) is 4.89 Å². The summed E-state index contributed by atoms with van der Waals surface area (Å²) in [4.78, 5) is 26.6. The second-order valence-corrected chi connectivity index (χ2v) is 14.8. The molecule has 14 heteroatoms. The fraction of sp³-hybridized carbons (Fsp3) is 0.200. The van der Waals surface area contributed by atoms with Gasteiger partial charge in [0.2, 0.25) is 25.5 Å². The van der Waals surface area contributed by atoms with E-state index >= 15 is 0 Å². The fourth-order valence-corrected chi connectivity index (χ4v) is 8.55. The molecule has 2 aromatic rings. The molecule has 218 valence electrons. The number of ketones is 1. The predicted octanol–water partition coefficient (Wildman–Crippen LogP) is -3.35. The molecule has 0 saturated carbocycles. The number of allylic oxidation sites excluding steroid dienone is 8. The van der Waals surface area contributed by atoms with Gasteiger partial charge in [-0.1, -0.05) is 44.2 Å². The van der Waals surface area contributed by atoms with E-state index in [-0.39, 0.29) is 103 Å². The number of aliphatic hydroxyl groups excluding tert-OH is 1. The average Bonchev–Trinajstić information content (AvgIpc) is 3.22. The summed E-state index contributed by atoms with van der Waals surface area (Å²) in [6, 6.07) is 7.36. The van der Waals surface area contributed by atoms with Crippen molar-refractivity contribution in [3.05, 3.63) is 110 Å². The molecule has 0 amide bonds. The zero-order chi connectivity index (χ0) is 30.6. The van der Waals surface area contributed by atoms with Gasteiger partial charge < -0.3 is 25.2 Å². The third-order valence-corrected chi connectivity index (χ3v) is 10.9. The maximum absolute atomic E-state index is 13.2. The van der Waals surface area contributed by atoms with Gasteiger partial charge in [-0.2, -0.15) is 0 Å². The van der Waals surface area contributed by atoms with E-state index in [1.54, 1.807) is 12.2 Å². The van der Waals surface area contributed by atoms with Gasteiger partial charge in [0, 0.05) is 11.1 Å². The van der Waals surface area contributed by atoms with Crippen molar-refractivity contribution in [1.82, 2.24) is 0 Å². The monoisotopic (exact) mass is 654 g/mol. The van der Waals surface area contributed by atoms with Crippen LogP contribution in [-0.2, 0) is 31.2 Å². The maximum atomic E-state index is 13.2. The smallest absolute Gasteiger partial charge is 0.723 e. The molecule has 2 aliphatic heterocycles. The largest absolute Gasteiger partial charge is 1.00 e. The Morgan fingerprint density at radius 1 is 0.955 bits per heavy atom. The molecule has 3 aliphatic rings. The quantitative estimate of drug-likeness (QED) is 0.143. The molecule has 0 saturated heterocycles. The number of hydrogen-bond acceptors (Lipinski definition) is 10. The molecule has 0 aromatic heterocycles. The summed E-state index contributed by atoms with van der Waals surface area (Å²) in [5.41, 5.74) is 1.04. The fourth-order valence-electron chi connectivity index (χ4n) is 5.37. The molecular weight excluding hydrogens is 630 g/mol. The summed E-state index contributed by atoms with van der Waals surface area (Å²) in [6.07, 6.45) is 8.37. The van der Waals surface area contributed by atoms with E-state index in [0.29, 0.717) is 29.6 Å². The van der Waals surface area contributed by atoms with Gasteiger partial charge in [-0.25, -0.2) is 16.8 Å². The topological polar surface area (TPSA) is 178 Å². The SMILES string of the molecule is CC1(C)CC(/C=C/C2=C(O)c3ccc(CO[O-])cc3S2(=O)=O)=CC(=C/C=C2/C(=O)c3ccc(C(=O)[O-])cc3S2(=O)=O)/C1.[Na+].[Na+]. The molecule has 0 bridgehead atoms. The number of rotatable bonds is 6. The zero-order valence-electron chi connectivity index (χ0n) is 24.4. The van der Waals surface area contributed by atoms with Crippen molar-refractivity contribution < 1.29 is 106 Å². The van der Waals surface area contributed by atoms with Crippen LogP contribution in [0.15, 0.2) is 97.5 Å². The molecule has 0 unspecified atom stereocenters. The number of benzene rings is 2. The first kappa shape index (κ1) is 36.4. The molecule has 5 rings (SSSR count). The van der Waals surface area contributed by atoms with Crippen LogP contribution in [-0.4, -0.2) is 33.7 Å². The summed E-state index contributed by atoms with van der Waals surface area (Å²) < 4.78 is 52.4. The van der Waals surface area contributed by atoms with Gasteiger partial charge in [0.15, 0.2) is 0 Å². The first-order valence-electron chi connectivity index (χ1n) is 12.7. The van der Waals surface area contributed by atoms with Crippen LogP contribution < -0.4 is 69.5 Å². The molecule has 44 heavy (non-hydrogen) atoms. The Bertz CT molecular complexity index is 1950. The van der Waals surface area contributed by atoms with Crippen LogP contribution >= 0.6 is 0 Å². The Labute approximate surface area is 298 Å². The van der Waals surface area contributed by atoms with Crippen LogP contribution in [0.3, 0.4) is 0 Å². The molecule has 0 atom stereocenters. The molecule has 0 spiro atoms. The first-order chi connectivity index (χ1) is 19.7. The van der Waals surface area contributed by atoms with Gasteiger partial charge in [0.1, 0.15) is 15.6 Å². The van der Waals surface area contributed by atoms with E-state index < -0.39 is 42.1 Å². The number of aromatic carboxylic acids is 1. The molecule has 10 nitrogen and oxygen atoms in total. The third kappa shape index (κ3) is 6.70. The van der Waals surface area contributed by atoms with Gasteiger partial charge >= 0.3 is 59.1 Å². The number of carboxylic acid groups (broad SMARTS) is 1. The molecule has 0 radical (unpaired) electrons. The van der Waals surface area contributed by atoms with Crippen LogP contribution in [0, 0.1) is 5.41 Å². The van der Waals surface area contributed by atoms with Gasteiger partial charge in [0.05, 0.1) is 22.4 Å². The van der Waals surface area contributed by atoms with Crippen LogP contribution in [0.5, 0.6) is 0 Å². The third-order valence-electron chi connectivity index (χ3n) is 7.24. The number of hydrogen-bond donors (Lipinski definition) is 1. The summed E-state index contributed by atoms with van der Waals surface area (Å²) in [6.45, 7) is 3.62. The second kappa shape index (κ2) is 13.3. The number of sulfone groups is 2. The number of aliphatic hydroxyl groups is 1. The summed E-state index contributed by atoms with van der Waals surface area (Å²) in [5, 5.41) is 32.4. The number of carboxylic acids is 1. The van der Waals surface area contributed by atoms with Crippen LogP contribution in [0.1, 0.15) is 58.5 Å². The minimum Gasteiger partial charge on any atom is -0.723 e. The minimum absolute atomic E-state index is 0. The Hall–Kier alpha value is -2.10. The van der Waals surface area contributed by atoms with Crippen molar-refractivity contribution in [2.75, 3.05) is 0 Å². The minimum atomic E-state index is -4.25. The van der Waals surface area contributed by atoms with Crippen molar-refractivity contribution in [2.24, 2.45) is 5.41 Å². The normalized spacial score (nSPS) is 21.1. The van der Waals surface area contributed by atoms with Gasteiger partial charge in [0.25, 0.3) is 0 Å². The van der Waals surface area contributed by atoms with Crippen molar-refractivity contribution >= 4 is 37.2 Å². The van der Waals surface area contributed by atoms with Gasteiger partial charge in [-0.15, -0.1) is 0 Å². The van der Waals surface area contributed by atoms with E-state index in [9.17, 15) is 41.9 Å². The van der Waals surface area contributed by atoms with Crippen molar-refractivity contribution in [1.29, 1.82) is 0 Å². The number of fused-ring (bicyclic) bond motifs is 2. The standard InChI is InChI=1S/C30H26O10S2.2Na/c1-30(2)14-17(4-9-23-27(31)21-7-3-19(16-40-35)12-25(21)41(23,36)37)11-18(15-30)5-10-24-28(32)22-8-6-20(29(33)34)13-26(22)42(24,38)39;;/h3-13,31,35H,14-16H2,1-2H3,(H,33,34);;/q;2*+1/p-2/b9-4+,18-5-,24-10-;;. The summed E-state index contributed by atoms with van der Waals surface area (Å²) in [7, 11) is -8.32. The molecular formula is C30H24Na2O10S2. The average molecular weight is 655 g/mol. The van der Waals surface area contributed by atoms with Crippen molar-refractivity contribution in [3.63, 3.8) is 0 Å². The molecule has 1 aliphatic carbocycles. The number of Topliss-reactive ketones (excluding diaryl/α,β-unsaturated/α-hetero) is 1. The Morgan fingerprint density at radius 2 is 1.61 bits per heavy atom. The van der Waals surface area contributed by atoms with E-state index in [0.717, 1.165) is 18.2 Å². The van der Waals surface area contributed by atoms with Gasteiger partial charge in [-0.05, 0) is 76.9 Å². The molecule has 2 aromatic carbocycles. The number of carbonyl (C=O) groups excluding carboxylic acids is 2. The molecule has 2 heterocycles. The van der Waals surface area contributed by atoms with E-state index in [1.807, 2.05) is 13.8 Å². The van der Waals surface area contributed by atoms with E-state index in [4.69, 9.17) is 0 Å². The van der Waals surface area contributed by atoms with Crippen molar-refractivity contribution in [3.8, 4) is 0 Å². The van der Waals surface area contributed by atoms with Crippen LogP contribution in [0.25, 0.3) is 5.76 Å². The number of carbonyl (C=O) groups is 2. The van der Waals surface area contributed by atoms with E-state index in [1.165, 1.54) is 36.4 Å². The van der Waals surface area contributed by atoms with Gasteiger partial charge in [-0.3, -0.25) is 4.79 Å². The Morgan fingerprint density at radius 3 is 2.27 bits per heavy atom. The van der Waals surface area contributed by atoms with Crippen LogP contribution in [0.2, 0.25) is 0 Å². The van der Waals surface area contributed by atoms with Crippen LogP contribution in [0.4, 0.5) is 0 Å². The summed E-state index contributed by atoms with van der Waals surface area (Å²) >= 11 is 0. The zero-order valence-corrected chi connectivity index (χ0v) is 30.0. The predicted molar refractivity (Wildman–Crippen MR) is 147 cm³/mol. The maximum Gasteiger partial charge on any atom is 1.00 e. The summed E-state index contributed by atoms with van der Waals surface area (Å²) in [5.74, 6) is -2.73. The molecule has 0 fully saturated rings. The first-order valence-corrected chi connectivity index (χ1v) is 15.6. The second-order valence-electron chi connectivity index (χ2n) is 11.0. The Kier molecular flexibility index (Phi) is 11.0. The van der Waals surface area contributed by atoms with Crippen molar-refractivity contribution in [2.45, 2.75) is 43.1 Å².